The third kappa shape index (κ3) is 2.04. The summed E-state index contributed by atoms with van der Waals surface area (Å²) in [5.41, 5.74) is 1.35. The van der Waals surface area contributed by atoms with Crippen LogP contribution in [0.2, 0.25) is 0 Å². The molecule has 2 amide bonds. The zero-order valence-electron chi connectivity index (χ0n) is 14.0. The van der Waals surface area contributed by atoms with Gasteiger partial charge in [0.05, 0.1) is 18.5 Å². The second-order valence-electron chi connectivity index (χ2n) is 7.73. The lowest BCUT2D eigenvalue weighted by molar-refractivity contribution is -0.139. The fourth-order valence-corrected chi connectivity index (χ4v) is 5.19. The van der Waals surface area contributed by atoms with Crippen molar-refractivity contribution in [1.29, 1.82) is 0 Å². The van der Waals surface area contributed by atoms with E-state index in [2.05, 4.69) is 17.5 Å². The van der Waals surface area contributed by atoms with Gasteiger partial charge in [0.15, 0.2) is 5.78 Å². The van der Waals surface area contributed by atoms with Gasteiger partial charge in [0.2, 0.25) is 11.8 Å². The van der Waals surface area contributed by atoms with E-state index in [4.69, 9.17) is 0 Å². The van der Waals surface area contributed by atoms with Crippen LogP contribution >= 0.6 is 0 Å². The number of benzene rings is 1. The van der Waals surface area contributed by atoms with E-state index >= 15 is 0 Å². The summed E-state index contributed by atoms with van der Waals surface area (Å²) < 4.78 is 0. The number of nitrogens with zero attached hydrogens (tertiary/aromatic N) is 1. The number of allylic oxidation sites excluding steroid dienone is 2. The topological polar surface area (TPSA) is 66.5 Å². The monoisotopic (exact) mass is 336 g/mol. The van der Waals surface area contributed by atoms with Gasteiger partial charge in [0, 0.05) is 11.3 Å². The number of hydrogen-bond donors (Lipinski definition) is 1. The highest BCUT2D eigenvalue weighted by Gasteiger charge is 2.66. The summed E-state index contributed by atoms with van der Waals surface area (Å²) in [6.45, 7) is 1.69. The molecule has 1 N–H and O–H groups in total. The third-order valence-corrected chi connectivity index (χ3v) is 6.46. The van der Waals surface area contributed by atoms with E-state index in [1.807, 2.05) is 6.07 Å². The van der Waals surface area contributed by atoms with Crippen molar-refractivity contribution in [3.05, 3.63) is 42.0 Å². The smallest absolute Gasteiger partial charge is 0.235 e. The maximum atomic E-state index is 12.9. The quantitative estimate of drug-likeness (QED) is 0.520. The molecule has 2 bridgehead atoms. The van der Waals surface area contributed by atoms with Gasteiger partial charge in [-0.05, 0) is 49.1 Å². The Morgan fingerprint density at radius 2 is 1.76 bits per heavy atom. The normalized spacial score (nSPS) is 37.1. The molecule has 5 heteroatoms. The van der Waals surface area contributed by atoms with Crippen LogP contribution in [0.4, 0.5) is 5.69 Å². The van der Waals surface area contributed by atoms with Crippen LogP contribution in [0.25, 0.3) is 0 Å². The molecule has 0 unspecified atom stereocenters. The van der Waals surface area contributed by atoms with Crippen molar-refractivity contribution in [2.24, 2.45) is 35.5 Å². The van der Waals surface area contributed by atoms with E-state index in [9.17, 15) is 14.4 Å². The number of anilines is 1. The Morgan fingerprint density at radius 3 is 2.36 bits per heavy atom. The number of carbonyl (C=O) groups is 3. The van der Waals surface area contributed by atoms with Crippen molar-refractivity contribution in [3.8, 4) is 0 Å². The summed E-state index contributed by atoms with van der Waals surface area (Å²) in [5.74, 6) is 1.36. The zero-order valence-corrected chi connectivity index (χ0v) is 14.0. The minimum absolute atomic E-state index is 0.00938. The van der Waals surface area contributed by atoms with E-state index in [1.165, 1.54) is 18.2 Å². The van der Waals surface area contributed by atoms with Crippen LogP contribution in [0, 0.1) is 35.5 Å². The summed E-state index contributed by atoms with van der Waals surface area (Å²) in [6.07, 6.45) is 5.53. The molecule has 3 fully saturated rings. The summed E-state index contributed by atoms with van der Waals surface area (Å²) in [7, 11) is 0. The van der Waals surface area contributed by atoms with Gasteiger partial charge in [-0.2, -0.15) is 0 Å². The number of rotatable bonds is 4. The van der Waals surface area contributed by atoms with Crippen LogP contribution in [-0.4, -0.2) is 29.2 Å². The van der Waals surface area contributed by atoms with Crippen LogP contribution in [0.5, 0.6) is 0 Å². The first-order valence-corrected chi connectivity index (χ1v) is 8.94. The maximum Gasteiger partial charge on any atom is 0.235 e. The summed E-state index contributed by atoms with van der Waals surface area (Å²) >= 11 is 0. The lowest BCUT2D eigenvalue weighted by atomic mass is 9.63. The molecule has 4 aliphatic carbocycles. The van der Waals surface area contributed by atoms with E-state index in [0.717, 1.165) is 5.69 Å². The highest BCUT2D eigenvalue weighted by molar-refractivity contribution is 6.06. The SMILES string of the molecule is CC(=O)c1cccc(NCN2C(=O)[C@@H]3[C@@H]4C=C[C@H]([C@H]5C[C@@H]45)[C@@H]3C2=O)c1. The van der Waals surface area contributed by atoms with Gasteiger partial charge in [-0.1, -0.05) is 24.3 Å². The highest BCUT2D eigenvalue weighted by Crippen LogP contribution is 2.65. The Morgan fingerprint density at radius 1 is 1.12 bits per heavy atom. The average molecular weight is 336 g/mol. The summed E-state index contributed by atoms with van der Waals surface area (Å²) in [5, 5.41) is 3.14. The van der Waals surface area contributed by atoms with E-state index in [-0.39, 0.29) is 47.9 Å². The standard InChI is InChI=1S/C20H20N2O3/c1-10(23)11-3-2-4-12(7-11)21-9-22-19(24)17-13-5-6-14(16-8-15(13)16)18(17)20(22)25/h2-7,13-18,21H,8-9H2,1H3/t13-,14-,15-,16+,17+,18-/m1/s1. The van der Waals surface area contributed by atoms with Crippen molar-refractivity contribution >= 4 is 23.3 Å². The maximum absolute atomic E-state index is 12.9. The molecule has 6 atom stereocenters. The van der Waals surface area contributed by atoms with Gasteiger partial charge in [0.25, 0.3) is 0 Å². The number of nitrogens with one attached hydrogen (secondary N) is 1. The number of imide groups is 1. The van der Waals surface area contributed by atoms with Gasteiger partial charge < -0.3 is 5.32 Å². The molecular formula is C20H20N2O3. The molecule has 1 heterocycles. The number of carbonyl (C=O) groups excluding carboxylic acids is 3. The van der Waals surface area contributed by atoms with E-state index < -0.39 is 0 Å². The molecule has 5 nitrogen and oxygen atoms in total. The summed E-state index contributed by atoms with van der Waals surface area (Å²) in [6, 6.07) is 7.14. The lowest BCUT2D eigenvalue weighted by Gasteiger charge is -2.37. The molecule has 0 radical (unpaired) electrons. The molecule has 0 spiro atoms. The van der Waals surface area contributed by atoms with E-state index in [1.54, 1.807) is 18.2 Å². The minimum atomic E-state index is -0.156. The van der Waals surface area contributed by atoms with Crippen molar-refractivity contribution in [2.45, 2.75) is 13.3 Å². The molecular weight excluding hydrogens is 316 g/mol. The van der Waals surface area contributed by atoms with Gasteiger partial charge in [-0.25, -0.2) is 0 Å². The molecule has 6 rings (SSSR count). The van der Waals surface area contributed by atoms with Crippen LogP contribution in [0.1, 0.15) is 23.7 Å². The number of Topliss-reactive ketones (excluding diaryl/α,β-unsaturated/α-hetero) is 1. The Hall–Kier alpha value is -2.43. The van der Waals surface area contributed by atoms with Gasteiger partial charge >= 0.3 is 0 Å². The second kappa shape index (κ2) is 5.04. The summed E-state index contributed by atoms with van der Waals surface area (Å²) in [4.78, 5) is 38.6. The van der Waals surface area contributed by atoms with Gasteiger partial charge in [-0.15, -0.1) is 0 Å². The molecule has 1 saturated heterocycles. The number of ketones is 1. The number of likely N-dealkylation sites (tertiary alicyclic amines) is 1. The van der Waals surface area contributed by atoms with Crippen molar-refractivity contribution in [2.75, 3.05) is 12.0 Å². The van der Waals surface area contributed by atoms with Crippen molar-refractivity contribution in [1.82, 2.24) is 4.90 Å². The second-order valence-corrected chi connectivity index (χ2v) is 7.73. The van der Waals surface area contributed by atoms with Crippen LogP contribution in [0.15, 0.2) is 36.4 Å². The molecule has 1 aliphatic heterocycles. The lowest BCUT2D eigenvalue weighted by Crippen LogP contribution is -2.40. The van der Waals surface area contributed by atoms with Crippen LogP contribution < -0.4 is 5.32 Å². The number of hydrogen-bond acceptors (Lipinski definition) is 4. The van der Waals surface area contributed by atoms with Crippen LogP contribution in [0.3, 0.4) is 0 Å². The first kappa shape index (κ1) is 14.9. The largest absolute Gasteiger partial charge is 0.367 e. The number of amides is 2. The first-order valence-electron chi connectivity index (χ1n) is 8.94. The fraction of sp³-hybridized carbons (Fsp3) is 0.450. The van der Waals surface area contributed by atoms with Crippen molar-refractivity contribution in [3.63, 3.8) is 0 Å². The first-order chi connectivity index (χ1) is 12.1. The minimum Gasteiger partial charge on any atom is -0.367 e. The third-order valence-electron chi connectivity index (χ3n) is 6.46. The predicted molar refractivity (Wildman–Crippen MR) is 91.5 cm³/mol. The Kier molecular flexibility index (Phi) is 3.00. The molecule has 1 aromatic rings. The predicted octanol–water partition coefficient (Wildman–Crippen LogP) is 2.31. The molecule has 0 aromatic heterocycles. The zero-order chi connectivity index (χ0) is 17.3. The van der Waals surface area contributed by atoms with Crippen molar-refractivity contribution < 1.29 is 14.4 Å². The van der Waals surface area contributed by atoms with Gasteiger partial charge in [0.1, 0.15) is 0 Å². The molecule has 5 aliphatic rings. The van der Waals surface area contributed by atoms with Gasteiger partial charge in [-0.3, -0.25) is 19.3 Å². The van der Waals surface area contributed by atoms with E-state index in [0.29, 0.717) is 17.4 Å². The Bertz CT molecular complexity index is 794. The fourth-order valence-electron chi connectivity index (χ4n) is 5.19. The molecule has 128 valence electrons. The molecule has 25 heavy (non-hydrogen) atoms. The Balaban J connectivity index is 1.34. The Labute approximate surface area is 146 Å². The molecule has 1 aromatic carbocycles. The average Bonchev–Trinajstić information content (AvgIpc) is 3.39. The molecule has 2 saturated carbocycles. The highest BCUT2D eigenvalue weighted by atomic mass is 16.2. The van der Waals surface area contributed by atoms with Crippen LogP contribution in [-0.2, 0) is 9.59 Å².